The van der Waals surface area contributed by atoms with E-state index in [-0.39, 0.29) is 22.8 Å². The molecular formula is C29H22ClN2O6S-. The molecule has 1 atom stereocenters. The standard InChI is InChI=1S/C29H23ClN2O6S/c1-4-37-28(36)24-16(3)31-29-32(25(24)17-7-5-15(2)6-8-17)26(33)23(39-29)14-19-10-12-22(38-19)18-9-11-21(30)20(13-18)27(34)35/h5-14,25H,4H2,1-3H3,(H,34,35)/p-1/b23-14-/t25-/m0/s1. The molecule has 2 aromatic carbocycles. The number of aryl methyl sites for hydroxylation is 1. The number of halogens is 1. The van der Waals surface area contributed by atoms with Crippen LogP contribution in [0.4, 0.5) is 0 Å². The summed E-state index contributed by atoms with van der Waals surface area (Å²) in [5.74, 6) is -1.14. The lowest BCUT2D eigenvalue weighted by atomic mass is 9.95. The average molecular weight is 562 g/mol. The van der Waals surface area contributed by atoms with Crippen LogP contribution in [-0.4, -0.2) is 23.1 Å². The monoisotopic (exact) mass is 561 g/mol. The summed E-state index contributed by atoms with van der Waals surface area (Å²) in [4.78, 5) is 43.1. The van der Waals surface area contributed by atoms with Gasteiger partial charge in [-0.2, -0.15) is 0 Å². The van der Waals surface area contributed by atoms with Gasteiger partial charge in [-0.15, -0.1) is 0 Å². The molecule has 4 aromatic rings. The van der Waals surface area contributed by atoms with Gasteiger partial charge in [-0.3, -0.25) is 9.36 Å². The van der Waals surface area contributed by atoms with Gasteiger partial charge in [0.1, 0.15) is 11.5 Å². The van der Waals surface area contributed by atoms with Gasteiger partial charge in [0.25, 0.3) is 5.56 Å². The smallest absolute Gasteiger partial charge is 0.338 e. The van der Waals surface area contributed by atoms with Crippen molar-refractivity contribution in [3.63, 3.8) is 0 Å². The Hall–Kier alpha value is -4.21. The largest absolute Gasteiger partial charge is 0.545 e. The summed E-state index contributed by atoms with van der Waals surface area (Å²) in [7, 11) is 0. The predicted molar refractivity (Wildman–Crippen MR) is 145 cm³/mol. The molecule has 1 aliphatic heterocycles. The first-order valence-electron chi connectivity index (χ1n) is 12.0. The minimum absolute atomic E-state index is 0.0623. The van der Waals surface area contributed by atoms with Crippen LogP contribution in [-0.2, 0) is 9.53 Å². The molecule has 2 aromatic heterocycles. The van der Waals surface area contributed by atoms with Crippen LogP contribution >= 0.6 is 22.9 Å². The third-order valence-electron chi connectivity index (χ3n) is 6.28. The number of carbonyl (C=O) groups is 2. The van der Waals surface area contributed by atoms with Gasteiger partial charge >= 0.3 is 5.97 Å². The van der Waals surface area contributed by atoms with Gasteiger partial charge in [0.2, 0.25) is 0 Å². The van der Waals surface area contributed by atoms with E-state index in [1.807, 2.05) is 31.2 Å². The molecule has 0 N–H and O–H groups in total. The maximum atomic E-state index is 13.7. The number of aromatic nitrogens is 1. The molecule has 0 radical (unpaired) electrons. The third kappa shape index (κ3) is 4.98. The van der Waals surface area contributed by atoms with E-state index in [9.17, 15) is 19.5 Å². The van der Waals surface area contributed by atoms with E-state index in [1.54, 1.807) is 38.1 Å². The van der Waals surface area contributed by atoms with Crippen molar-refractivity contribution in [2.75, 3.05) is 6.61 Å². The Labute approximate surface area is 231 Å². The molecule has 8 nitrogen and oxygen atoms in total. The van der Waals surface area contributed by atoms with Gasteiger partial charge in [0.05, 0.1) is 34.4 Å². The van der Waals surface area contributed by atoms with Crippen molar-refractivity contribution >= 4 is 41.0 Å². The maximum Gasteiger partial charge on any atom is 0.338 e. The maximum absolute atomic E-state index is 13.7. The Kier molecular flexibility index (Phi) is 7.12. The number of aromatic carboxylic acids is 1. The molecule has 3 heterocycles. The summed E-state index contributed by atoms with van der Waals surface area (Å²) < 4.78 is 13.1. The fraction of sp³-hybridized carbons (Fsp3) is 0.172. The second kappa shape index (κ2) is 10.5. The van der Waals surface area contributed by atoms with E-state index in [0.29, 0.717) is 37.7 Å². The molecule has 10 heteroatoms. The molecule has 1 aliphatic rings. The zero-order valence-corrected chi connectivity index (χ0v) is 22.8. The number of benzene rings is 2. The highest BCUT2D eigenvalue weighted by Gasteiger charge is 2.33. The quantitative estimate of drug-likeness (QED) is 0.333. The Bertz CT molecular complexity index is 1830. The van der Waals surface area contributed by atoms with Crippen LogP contribution in [0, 0.1) is 6.92 Å². The molecule has 0 amide bonds. The number of hydrogen-bond acceptors (Lipinski definition) is 8. The Morgan fingerprint density at radius 2 is 1.90 bits per heavy atom. The average Bonchev–Trinajstić information content (AvgIpc) is 3.48. The van der Waals surface area contributed by atoms with Gasteiger partial charge in [-0.05, 0) is 56.7 Å². The number of esters is 1. The second-order valence-corrected chi connectivity index (χ2v) is 10.3. The summed E-state index contributed by atoms with van der Waals surface area (Å²) in [6, 6.07) is 14.7. The first-order valence-corrected chi connectivity index (χ1v) is 13.2. The van der Waals surface area contributed by atoms with E-state index in [2.05, 4.69) is 4.99 Å². The molecular weight excluding hydrogens is 540 g/mol. The van der Waals surface area contributed by atoms with E-state index >= 15 is 0 Å². The number of hydrogen-bond donors (Lipinski definition) is 0. The van der Waals surface area contributed by atoms with Gasteiger partial charge in [0, 0.05) is 22.2 Å². The van der Waals surface area contributed by atoms with Crippen molar-refractivity contribution in [2.45, 2.75) is 26.8 Å². The highest BCUT2D eigenvalue weighted by atomic mass is 35.5. The normalized spacial score (nSPS) is 15.2. The number of carboxylic acid groups (broad SMARTS) is 1. The molecule has 198 valence electrons. The van der Waals surface area contributed by atoms with Crippen molar-refractivity contribution < 1.29 is 23.8 Å². The van der Waals surface area contributed by atoms with Crippen molar-refractivity contribution in [1.82, 2.24) is 4.57 Å². The Morgan fingerprint density at radius 3 is 2.59 bits per heavy atom. The molecule has 0 spiro atoms. The summed E-state index contributed by atoms with van der Waals surface area (Å²) in [6.45, 7) is 5.62. The predicted octanol–water partition coefficient (Wildman–Crippen LogP) is 3.38. The molecule has 0 saturated carbocycles. The highest BCUT2D eigenvalue weighted by molar-refractivity contribution is 7.07. The third-order valence-corrected chi connectivity index (χ3v) is 7.59. The Morgan fingerprint density at radius 1 is 1.15 bits per heavy atom. The number of ether oxygens (including phenoxy) is 1. The van der Waals surface area contributed by atoms with Gasteiger partial charge in [-0.1, -0.05) is 52.8 Å². The van der Waals surface area contributed by atoms with Gasteiger partial charge in [-0.25, -0.2) is 9.79 Å². The number of nitrogens with zero attached hydrogens (tertiary/aromatic N) is 2. The van der Waals surface area contributed by atoms with E-state index in [1.165, 1.54) is 28.0 Å². The molecule has 0 saturated heterocycles. The summed E-state index contributed by atoms with van der Waals surface area (Å²) in [6.07, 6.45) is 1.60. The zero-order chi connectivity index (χ0) is 27.8. The molecule has 5 rings (SSSR count). The topological polar surface area (TPSA) is 114 Å². The lowest BCUT2D eigenvalue weighted by Crippen LogP contribution is -2.39. The fourth-order valence-corrected chi connectivity index (χ4v) is 5.63. The minimum atomic E-state index is -1.39. The van der Waals surface area contributed by atoms with Crippen LogP contribution in [0.1, 0.15) is 47.1 Å². The first-order chi connectivity index (χ1) is 18.7. The van der Waals surface area contributed by atoms with Crippen LogP contribution in [0.5, 0.6) is 0 Å². The van der Waals surface area contributed by atoms with E-state index in [0.717, 1.165) is 11.1 Å². The number of fused-ring (bicyclic) bond motifs is 1. The lowest BCUT2D eigenvalue weighted by molar-refractivity contribution is -0.255. The summed E-state index contributed by atoms with van der Waals surface area (Å²) in [5, 5.41) is 11.4. The van der Waals surface area contributed by atoms with Crippen molar-refractivity contribution in [1.29, 1.82) is 0 Å². The zero-order valence-electron chi connectivity index (χ0n) is 21.2. The highest BCUT2D eigenvalue weighted by Crippen LogP contribution is 2.31. The van der Waals surface area contributed by atoms with Crippen LogP contribution in [0.3, 0.4) is 0 Å². The van der Waals surface area contributed by atoms with Crippen LogP contribution < -0.4 is 20.0 Å². The fourth-order valence-electron chi connectivity index (χ4n) is 4.41. The minimum Gasteiger partial charge on any atom is -0.545 e. The molecule has 0 fully saturated rings. The van der Waals surface area contributed by atoms with Gasteiger partial charge < -0.3 is 19.1 Å². The number of rotatable bonds is 6. The van der Waals surface area contributed by atoms with Crippen LogP contribution in [0.25, 0.3) is 17.4 Å². The van der Waals surface area contributed by atoms with Crippen LogP contribution in [0.15, 0.2) is 80.1 Å². The van der Waals surface area contributed by atoms with Crippen molar-refractivity contribution in [2.24, 2.45) is 4.99 Å². The molecule has 0 unspecified atom stereocenters. The van der Waals surface area contributed by atoms with E-state index in [4.69, 9.17) is 20.8 Å². The van der Waals surface area contributed by atoms with E-state index < -0.39 is 18.0 Å². The second-order valence-electron chi connectivity index (χ2n) is 8.90. The summed E-state index contributed by atoms with van der Waals surface area (Å²) >= 11 is 7.13. The SMILES string of the molecule is CCOC(=O)C1=C(C)N=c2s/c(=C\c3ccc(-c4ccc(Cl)c(C(=O)[O-])c4)o3)c(=O)n2[C@H]1c1ccc(C)cc1. The number of thiazole rings is 1. The van der Waals surface area contributed by atoms with Crippen LogP contribution in [0.2, 0.25) is 5.02 Å². The molecule has 0 aliphatic carbocycles. The number of carboxylic acids is 1. The molecule has 0 bridgehead atoms. The van der Waals surface area contributed by atoms with Gasteiger partial charge in [0.15, 0.2) is 4.80 Å². The summed E-state index contributed by atoms with van der Waals surface area (Å²) in [5.41, 5.74) is 2.62. The molecule has 39 heavy (non-hydrogen) atoms. The number of furan rings is 1. The number of allylic oxidation sites excluding steroid dienone is 1. The Balaban J connectivity index is 1.61. The lowest BCUT2D eigenvalue weighted by Gasteiger charge is -2.24. The first kappa shape index (κ1) is 26.4. The number of carbonyl (C=O) groups excluding carboxylic acids is 2. The van der Waals surface area contributed by atoms with Crippen molar-refractivity contribution in [3.05, 3.63) is 113 Å². The van der Waals surface area contributed by atoms with Crippen molar-refractivity contribution in [3.8, 4) is 11.3 Å².